The number of amides is 1. The number of nitrogens with zero attached hydrogens (tertiary/aromatic N) is 2. The number of likely N-dealkylation sites (N-methyl/N-ethyl adjacent to an activating group) is 1. The van der Waals surface area contributed by atoms with Crippen molar-refractivity contribution in [2.45, 2.75) is 13.5 Å². The summed E-state index contributed by atoms with van der Waals surface area (Å²) in [5, 5.41) is 13.8. The van der Waals surface area contributed by atoms with E-state index in [1.807, 2.05) is 36.2 Å². The average Bonchev–Trinajstić information content (AvgIpc) is 2.62. The second-order valence-corrected chi connectivity index (χ2v) is 6.19. The van der Waals surface area contributed by atoms with Gasteiger partial charge in [0.2, 0.25) is 5.91 Å². The molecule has 0 aliphatic rings. The van der Waals surface area contributed by atoms with Crippen LogP contribution in [0.25, 0.3) is 0 Å². The van der Waals surface area contributed by atoms with E-state index in [1.54, 1.807) is 25.1 Å². The van der Waals surface area contributed by atoms with Crippen molar-refractivity contribution in [2.75, 3.05) is 25.5 Å². The van der Waals surface area contributed by atoms with Gasteiger partial charge in [-0.1, -0.05) is 36.9 Å². The Kier molecular flexibility index (Phi) is 7.08. The fraction of sp³-hybridized carbons (Fsp3) is 0.250. The van der Waals surface area contributed by atoms with Gasteiger partial charge >= 0.3 is 0 Å². The van der Waals surface area contributed by atoms with Crippen LogP contribution in [0.1, 0.15) is 11.1 Å². The summed E-state index contributed by atoms with van der Waals surface area (Å²) in [6.45, 7) is 6.45. The predicted octanol–water partition coefficient (Wildman–Crippen LogP) is 3.54. The van der Waals surface area contributed by atoms with Crippen molar-refractivity contribution in [3.8, 4) is 5.75 Å². The molecule has 0 aliphatic heterocycles. The number of nitro benzene ring substituents is 1. The van der Waals surface area contributed by atoms with Gasteiger partial charge in [0.1, 0.15) is 18.0 Å². The molecule has 0 radical (unpaired) electrons. The van der Waals surface area contributed by atoms with E-state index in [1.165, 1.54) is 6.07 Å². The topological polar surface area (TPSA) is 84.7 Å². The Morgan fingerprint density at radius 3 is 2.63 bits per heavy atom. The maximum atomic E-state index is 12.3. The molecule has 2 rings (SSSR count). The number of anilines is 1. The number of hydrogen-bond acceptors (Lipinski definition) is 5. The van der Waals surface area contributed by atoms with Crippen molar-refractivity contribution >= 4 is 17.3 Å². The molecule has 2 aromatic carbocycles. The number of nitro groups is 1. The molecule has 0 aliphatic carbocycles. The van der Waals surface area contributed by atoms with E-state index < -0.39 is 4.92 Å². The van der Waals surface area contributed by atoms with E-state index in [2.05, 4.69) is 11.9 Å². The fourth-order valence-corrected chi connectivity index (χ4v) is 2.60. The highest BCUT2D eigenvalue weighted by Gasteiger charge is 2.18. The molecule has 1 amide bonds. The van der Waals surface area contributed by atoms with E-state index in [9.17, 15) is 14.9 Å². The number of rotatable bonds is 9. The Labute approximate surface area is 158 Å². The summed E-state index contributed by atoms with van der Waals surface area (Å²) >= 11 is 0. The summed E-state index contributed by atoms with van der Waals surface area (Å²) < 4.78 is 5.44. The largest absolute Gasteiger partial charge is 0.490 e. The highest BCUT2D eigenvalue weighted by Crippen LogP contribution is 2.27. The molecule has 7 nitrogen and oxygen atoms in total. The van der Waals surface area contributed by atoms with E-state index in [0.717, 1.165) is 11.3 Å². The Morgan fingerprint density at radius 1 is 1.30 bits per heavy atom. The molecule has 0 fully saturated rings. The number of benzene rings is 2. The third kappa shape index (κ3) is 5.93. The first-order valence-electron chi connectivity index (χ1n) is 8.45. The van der Waals surface area contributed by atoms with Gasteiger partial charge in [-0.3, -0.25) is 19.8 Å². The minimum Gasteiger partial charge on any atom is -0.490 e. The van der Waals surface area contributed by atoms with Crippen molar-refractivity contribution < 1.29 is 14.5 Å². The molecule has 142 valence electrons. The lowest BCUT2D eigenvalue weighted by molar-refractivity contribution is -0.384. The number of carbonyl (C=O) groups is 1. The molecule has 0 bridgehead atoms. The van der Waals surface area contributed by atoms with Gasteiger partial charge in [0, 0.05) is 12.6 Å². The van der Waals surface area contributed by atoms with Gasteiger partial charge in [0.15, 0.2) is 0 Å². The quantitative estimate of drug-likeness (QED) is 0.415. The van der Waals surface area contributed by atoms with Gasteiger partial charge in [0.05, 0.1) is 11.5 Å². The van der Waals surface area contributed by atoms with Crippen LogP contribution in [0.5, 0.6) is 5.75 Å². The molecule has 7 heteroatoms. The summed E-state index contributed by atoms with van der Waals surface area (Å²) in [5.74, 6) is 0.451. The lowest BCUT2D eigenvalue weighted by Gasteiger charge is -2.17. The standard InChI is InChI=1S/C20H23N3O4/c1-4-12-27-17-10-8-16(9-11-17)13-22(3)14-19(24)21-20-15(2)6-5-7-18(20)23(25)26/h4-11H,1,12-14H2,2-3H3,(H,21,24). The minimum atomic E-state index is -0.498. The van der Waals surface area contributed by atoms with Crippen LogP contribution >= 0.6 is 0 Å². The van der Waals surface area contributed by atoms with E-state index in [-0.39, 0.29) is 23.8 Å². The van der Waals surface area contributed by atoms with Crippen LogP contribution in [0.4, 0.5) is 11.4 Å². The van der Waals surface area contributed by atoms with Gasteiger partial charge in [-0.2, -0.15) is 0 Å². The molecule has 0 saturated carbocycles. The zero-order valence-corrected chi connectivity index (χ0v) is 15.5. The number of ether oxygens (including phenoxy) is 1. The zero-order chi connectivity index (χ0) is 19.8. The molecule has 0 atom stereocenters. The van der Waals surface area contributed by atoms with Crippen LogP contribution in [-0.4, -0.2) is 35.9 Å². The first-order chi connectivity index (χ1) is 12.9. The number of carbonyl (C=O) groups excluding carboxylic acids is 1. The highest BCUT2D eigenvalue weighted by molar-refractivity contribution is 5.95. The predicted molar refractivity (Wildman–Crippen MR) is 105 cm³/mol. The smallest absolute Gasteiger partial charge is 0.293 e. The van der Waals surface area contributed by atoms with Crippen LogP contribution in [-0.2, 0) is 11.3 Å². The summed E-state index contributed by atoms with van der Waals surface area (Å²) in [6.07, 6.45) is 1.68. The first-order valence-corrected chi connectivity index (χ1v) is 8.45. The molecule has 1 N–H and O–H groups in total. The van der Waals surface area contributed by atoms with Crippen molar-refractivity contribution in [3.63, 3.8) is 0 Å². The van der Waals surface area contributed by atoms with Gasteiger partial charge in [-0.15, -0.1) is 0 Å². The third-order valence-electron chi connectivity index (χ3n) is 3.87. The lowest BCUT2D eigenvalue weighted by Crippen LogP contribution is -2.30. The second kappa shape index (κ2) is 9.49. The van der Waals surface area contributed by atoms with Crippen molar-refractivity contribution in [3.05, 3.63) is 76.4 Å². The van der Waals surface area contributed by atoms with Crippen molar-refractivity contribution in [2.24, 2.45) is 0 Å². The van der Waals surface area contributed by atoms with Crippen LogP contribution in [0.3, 0.4) is 0 Å². The van der Waals surface area contributed by atoms with E-state index in [0.29, 0.717) is 18.7 Å². The Morgan fingerprint density at radius 2 is 2.00 bits per heavy atom. The molecule has 0 unspecified atom stereocenters. The van der Waals surface area contributed by atoms with Crippen LogP contribution in [0.2, 0.25) is 0 Å². The molecular formula is C20H23N3O4. The molecule has 2 aromatic rings. The molecule has 0 aromatic heterocycles. The minimum absolute atomic E-state index is 0.110. The van der Waals surface area contributed by atoms with Crippen molar-refractivity contribution in [1.29, 1.82) is 0 Å². The molecule has 0 spiro atoms. The van der Waals surface area contributed by atoms with E-state index >= 15 is 0 Å². The maximum absolute atomic E-state index is 12.3. The number of nitrogens with one attached hydrogen (secondary N) is 1. The van der Waals surface area contributed by atoms with Crippen LogP contribution < -0.4 is 10.1 Å². The van der Waals surface area contributed by atoms with Gasteiger partial charge in [0.25, 0.3) is 5.69 Å². The highest BCUT2D eigenvalue weighted by atomic mass is 16.6. The summed E-state index contributed by atoms with van der Waals surface area (Å²) in [7, 11) is 1.81. The number of hydrogen-bond donors (Lipinski definition) is 1. The monoisotopic (exact) mass is 369 g/mol. The Bertz CT molecular complexity index is 818. The van der Waals surface area contributed by atoms with Gasteiger partial charge < -0.3 is 10.1 Å². The number of para-hydroxylation sites is 1. The first kappa shape index (κ1) is 20.1. The average molecular weight is 369 g/mol. The fourth-order valence-electron chi connectivity index (χ4n) is 2.60. The maximum Gasteiger partial charge on any atom is 0.293 e. The number of aryl methyl sites for hydroxylation is 1. The molecular weight excluding hydrogens is 346 g/mol. The zero-order valence-electron chi connectivity index (χ0n) is 15.5. The molecule has 0 heterocycles. The normalized spacial score (nSPS) is 10.5. The summed E-state index contributed by atoms with van der Waals surface area (Å²) in [6, 6.07) is 12.3. The summed E-state index contributed by atoms with van der Waals surface area (Å²) in [5.41, 5.74) is 1.80. The van der Waals surface area contributed by atoms with Gasteiger partial charge in [-0.05, 0) is 37.2 Å². The Balaban J connectivity index is 1.94. The van der Waals surface area contributed by atoms with E-state index in [4.69, 9.17) is 4.74 Å². The molecule has 0 saturated heterocycles. The SMILES string of the molecule is C=CCOc1ccc(CN(C)CC(=O)Nc2c(C)cccc2[N+](=O)[O-])cc1. The van der Waals surface area contributed by atoms with Crippen LogP contribution in [0.15, 0.2) is 55.1 Å². The lowest BCUT2D eigenvalue weighted by atomic mass is 10.1. The second-order valence-electron chi connectivity index (χ2n) is 6.19. The van der Waals surface area contributed by atoms with Gasteiger partial charge in [-0.25, -0.2) is 0 Å². The molecule has 27 heavy (non-hydrogen) atoms. The summed E-state index contributed by atoms with van der Waals surface area (Å²) in [4.78, 5) is 24.8. The Hall–Kier alpha value is -3.19. The van der Waals surface area contributed by atoms with Crippen molar-refractivity contribution in [1.82, 2.24) is 4.90 Å². The van der Waals surface area contributed by atoms with Crippen LogP contribution in [0, 0.1) is 17.0 Å². The third-order valence-corrected chi connectivity index (χ3v) is 3.87.